The van der Waals surface area contributed by atoms with E-state index in [4.69, 9.17) is 0 Å². The molecule has 4 aromatic carbocycles. The van der Waals surface area contributed by atoms with Gasteiger partial charge in [0.05, 0.1) is 21.9 Å². The minimum absolute atomic E-state index is 0.113. The van der Waals surface area contributed by atoms with E-state index in [1.54, 1.807) is 6.07 Å². The molecule has 246 valence electrons. The molecule has 0 unspecified atom stereocenters. The normalized spacial score (nSPS) is 15.4. The molecule has 6 aromatic rings. The van der Waals surface area contributed by atoms with Crippen molar-refractivity contribution in [1.82, 2.24) is 0 Å². The fourth-order valence-corrected chi connectivity index (χ4v) is 9.23. The zero-order valence-corrected chi connectivity index (χ0v) is 29.8. The summed E-state index contributed by atoms with van der Waals surface area (Å²) < 4.78 is 21.4. The van der Waals surface area contributed by atoms with Gasteiger partial charge in [0.1, 0.15) is 5.82 Å². The molecule has 0 fully saturated rings. The number of aromatic nitrogens is 2. The summed E-state index contributed by atoms with van der Waals surface area (Å²) in [5, 5.41) is 5.03. The van der Waals surface area contributed by atoms with Gasteiger partial charge in [-0.1, -0.05) is 95.6 Å². The van der Waals surface area contributed by atoms with Crippen LogP contribution in [0.5, 0.6) is 0 Å². The van der Waals surface area contributed by atoms with Crippen LogP contribution in [0.15, 0.2) is 103 Å². The van der Waals surface area contributed by atoms with E-state index in [-0.39, 0.29) is 11.4 Å². The van der Waals surface area contributed by atoms with Crippen molar-refractivity contribution >= 4 is 27.6 Å². The van der Waals surface area contributed by atoms with Gasteiger partial charge >= 0.3 is 0 Å². The number of rotatable bonds is 8. The third kappa shape index (κ3) is 4.65. The molecular weight excluding hydrogens is 600 g/mol. The third-order valence-electron chi connectivity index (χ3n) is 11.9. The Kier molecular flexibility index (Phi) is 7.59. The molecule has 0 bridgehead atoms. The minimum atomic E-state index is -0.480. The van der Waals surface area contributed by atoms with Crippen molar-refractivity contribution in [2.75, 3.05) is 0 Å². The second kappa shape index (κ2) is 11.8. The van der Waals surface area contributed by atoms with E-state index in [0.717, 1.165) is 55.3 Å². The highest BCUT2D eigenvalue weighted by molar-refractivity contribution is 6.02. The van der Waals surface area contributed by atoms with Crippen LogP contribution in [0.25, 0.3) is 50.1 Å². The quantitative estimate of drug-likeness (QED) is 0.145. The summed E-state index contributed by atoms with van der Waals surface area (Å²) in [6.07, 6.45) is 12.2. The first kappa shape index (κ1) is 31.6. The molecule has 1 aliphatic heterocycles. The maximum Gasteiger partial charge on any atom is 0.222 e. The van der Waals surface area contributed by atoms with Crippen LogP contribution in [0.4, 0.5) is 4.39 Å². The fourth-order valence-electron chi connectivity index (χ4n) is 9.23. The molecule has 49 heavy (non-hydrogen) atoms. The van der Waals surface area contributed by atoms with Crippen molar-refractivity contribution in [3.8, 4) is 22.5 Å². The van der Waals surface area contributed by atoms with E-state index in [2.05, 4.69) is 142 Å². The molecule has 0 atom stereocenters. The standard InChI is InChI=1S/C46H47FN2/c1-7-10-16-31-26-34-23-25-49-44-40(34)38(27-31)45(5,6)42-39(47)21-20-33(41(42)44)28-35(46(49,8-2)9-3)29-48-24-22-32-17-12-14-19-37(32)43(48)36-18-13-11-15-30(36)4/h11-15,17-28H,7-10,16,29H2,1-6H3/q+2. The van der Waals surface area contributed by atoms with Gasteiger partial charge in [-0.05, 0) is 77.1 Å². The summed E-state index contributed by atoms with van der Waals surface area (Å²) in [4.78, 5) is 0. The van der Waals surface area contributed by atoms with Crippen molar-refractivity contribution in [1.29, 1.82) is 0 Å². The monoisotopic (exact) mass is 646 g/mol. The van der Waals surface area contributed by atoms with Crippen LogP contribution in [0, 0.1) is 12.7 Å². The van der Waals surface area contributed by atoms with E-state index < -0.39 is 5.41 Å². The molecule has 8 rings (SSSR count). The summed E-state index contributed by atoms with van der Waals surface area (Å²) in [7, 11) is 0. The largest absolute Gasteiger partial charge is 0.222 e. The Labute approximate surface area is 290 Å². The van der Waals surface area contributed by atoms with Gasteiger partial charge in [-0.15, -0.1) is 0 Å². The molecule has 0 spiro atoms. The predicted molar refractivity (Wildman–Crippen MR) is 201 cm³/mol. The average molecular weight is 647 g/mol. The lowest BCUT2D eigenvalue weighted by Gasteiger charge is -2.36. The number of hydrogen-bond donors (Lipinski definition) is 0. The van der Waals surface area contributed by atoms with Gasteiger partial charge in [0, 0.05) is 41.5 Å². The minimum Gasteiger partial charge on any atom is -0.207 e. The van der Waals surface area contributed by atoms with Crippen molar-refractivity contribution in [3.05, 3.63) is 137 Å². The van der Waals surface area contributed by atoms with Gasteiger partial charge in [0.25, 0.3) is 0 Å². The van der Waals surface area contributed by atoms with E-state index in [0.29, 0.717) is 0 Å². The molecule has 3 heteroatoms. The number of halogens is 1. The first-order chi connectivity index (χ1) is 23.7. The fraction of sp³-hybridized carbons (Fsp3) is 0.304. The molecule has 0 radical (unpaired) electrons. The van der Waals surface area contributed by atoms with E-state index in [9.17, 15) is 0 Å². The molecule has 0 amide bonds. The van der Waals surface area contributed by atoms with Gasteiger partial charge in [-0.3, -0.25) is 0 Å². The first-order valence-electron chi connectivity index (χ1n) is 18.3. The Morgan fingerprint density at radius 2 is 1.53 bits per heavy atom. The lowest BCUT2D eigenvalue weighted by Crippen LogP contribution is -2.60. The number of aryl methyl sites for hydroxylation is 2. The maximum absolute atomic E-state index is 16.4. The number of allylic oxidation sites excluding steroid dienone is 1. The van der Waals surface area contributed by atoms with Gasteiger partial charge in [0.2, 0.25) is 11.4 Å². The summed E-state index contributed by atoms with van der Waals surface area (Å²) in [6.45, 7) is 14.3. The van der Waals surface area contributed by atoms with Crippen molar-refractivity contribution in [3.63, 3.8) is 0 Å². The summed E-state index contributed by atoms with van der Waals surface area (Å²) >= 11 is 0. The number of hydrogen-bond acceptors (Lipinski definition) is 0. The van der Waals surface area contributed by atoms with Crippen LogP contribution in [-0.2, 0) is 23.9 Å². The lowest BCUT2D eigenvalue weighted by atomic mass is 9.68. The molecule has 0 N–H and O–H groups in total. The number of unbranched alkanes of at least 4 members (excludes halogenated alkanes) is 1. The zero-order valence-electron chi connectivity index (χ0n) is 29.8. The van der Waals surface area contributed by atoms with Crippen molar-refractivity contribution in [2.45, 2.75) is 91.1 Å². The van der Waals surface area contributed by atoms with Crippen LogP contribution in [0.3, 0.4) is 0 Å². The lowest BCUT2D eigenvalue weighted by molar-refractivity contribution is -0.754. The molecule has 2 nitrogen and oxygen atoms in total. The number of fused-ring (bicyclic) bond motifs is 1. The van der Waals surface area contributed by atoms with Crippen LogP contribution in [0.1, 0.15) is 88.1 Å². The van der Waals surface area contributed by atoms with Gasteiger partial charge in [0.15, 0.2) is 24.5 Å². The van der Waals surface area contributed by atoms with Crippen LogP contribution >= 0.6 is 0 Å². The van der Waals surface area contributed by atoms with Crippen LogP contribution in [0.2, 0.25) is 0 Å². The molecule has 2 aliphatic rings. The van der Waals surface area contributed by atoms with E-state index >= 15 is 4.39 Å². The Morgan fingerprint density at radius 1 is 0.776 bits per heavy atom. The number of nitrogens with zero attached hydrogens (tertiary/aromatic N) is 2. The topological polar surface area (TPSA) is 7.76 Å². The Morgan fingerprint density at radius 3 is 2.31 bits per heavy atom. The first-order valence-corrected chi connectivity index (χ1v) is 18.3. The molecule has 3 heterocycles. The molecule has 1 aliphatic carbocycles. The predicted octanol–water partition coefficient (Wildman–Crippen LogP) is 10.9. The molecule has 0 saturated heterocycles. The highest BCUT2D eigenvalue weighted by Crippen LogP contribution is 2.52. The Balaban J connectivity index is 1.44. The summed E-state index contributed by atoms with van der Waals surface area (Å²) in [6, 6.07) is 30.6. The van der Waals surface area contributed by atoms with Crippen molar-refractivity contribution < 1.29 is 13.5 Å². The highest BCUT2D eigenvalue weighted by atomic mass is 19.1. The highest BCUT2D eigenvalue weighted by Gasteiger charge is 2.50. The number of pyridine rings is 2. The Hall–Kier alpha value is -4.63. The van der Waals surface area contributed by atoms with Gasteiger partial charge < -0.3 is 0 Å². The third-order valence-corrected chi connectivity index (χ3v) is 11.9. The summed E-state index contributed by atoms with van der Waals surface area (Å²) in [5.74, 6) is -0.113. The maximum atomic E-state index is 16.4. The van der Waals surface area contributed by atoms with Gasteiger partial charge in [-0.25, -0.2) is 4.39 Å². The van der Waals surface area contributed by atoms with E-state index in [1.165, 1.54) is 60.8 Å². The second-order valence-corrected chi connectivity index (χ2v) is 14.9. The second-order valence-electron chi connectivity index (χ2n) is 14.9. The van der Waals surface area contributed by atoms with Crippen LogP contribution < -0.4 is 9.13 Å². The smallest absolute Gasteiger partial charge is 0.207 e. The molecule has 0 saturated carbocycles. The van der Waals surface area contributed by atoms with E-state index in [1.807, 2.05) is 6.07 Å². The van der Waals surface area contributed by atoms with Gasteiger partial charge in [-0.2, -0.15) is 9.13 Å². The Bertz CT molecular complexity index is 2320. The zero-order chi connectivity index (χ0) is 34.1. The average Bonchev–Trinajstić information content (AvgIpc) is 3.22. The number of benzene rings is 4. The molecular formula is C46H47FN2+2. The summed E-state index contributed by atoms with van der Waals surface area (Å²) in [5.41, 5.74) is 11.1. The molecule has 2 aromatic heterocycles. The van der Waals surface area contributed by atoms with Crippen LogP contribution in [-0.4, -0.2) is 0 Å². The van der Waals surface area contributed by atoms with Crippen molar-refractivity contribution in [2.24, 2.45) is 0 Å². The SMILES string of the molecule is CCCCc1cc2c3c4[n+](ccc3c1)C(CC)(CC)C(C[n+]1ccc3ccccc3c1-c1ccccc1C)=Cc1ccc(F)c(c1-4)C2(C)C.